The Labute approximate surface area is 123 Å². The molecular formula is C16H19NO4. The molecule has 0 bridgehead atoms. The SMILES string of the molecule is COc1ccccc1/C=C\C(=O)N1CCCC[C@@H]1C(=O)O. The minimum Gasteiger partial charge on any atom is -0.496 e. The van der Waals surface area contributed by atoms with Gasteiger partial charge in [-0.2, -0.15) is 0 Å². The molecule has 5 heteroatoms. The topological polar surface area (TPSA) is 66.8 Å². The largest absolute Gasteiger partial charge is 0.496 e. The van der Waals surface area contributed by atoms with Gasteiger partial charge in [0.1, 0.15) is 11.8 Å². The van der Waals surface area contributed by atoms with Crippen LogP contribution >= 0.6 is 0 Å². The van der Waals surface area contributed by atoms with Gasteiger partial charge in [0.2, 0.25) is 5.91 Å². The van der Waals surface area contributed by atoms with Crippen molar-refractivity contribution in [3.8, 4) is 5.75 Å². The Balaban J connectivity index is 2.12. The standard InChI is InChI=1S/C16H19NO4/c1-21-14-8-3-2-6-12(14)9-10-15(18)17-11-5-4-7-13(17)16(19)20/h2-3,6,8-10,13H,4-5,7,11H2,1H3,(H,19,20)/b10-9-/t13-/m1/s1. The molecule has 0 unspecified atom stereocenters. The van der Waals surface area contributed by atoms with Crippen LogP contribution in [0.25, 0.3) is 6.08 Å². The number of carboxylic acid groups (broad SMARTS) is 1. The second kappa shape index (κ2) is 6.92. The van der Waals surface area contributed by atoms with E-state index in [0.717, 1.165) is 18.4 Å². The van der Waals surface area contributed by atoms with Crippen LogP contribution in [-0.2, 0) is 9.59 Å². The summed E-state index contributed by atoms with van der Waals surface area (Å²) < 4.78 is 5.21. The fraction of sp³-hybridized carbons (Fsp3) is 0.375. The number of likely N-dealkylation sites (tertiary alicyclic amines) is 1. The van der Waals surface area contributed by atoms with Crippen LogP contribution in [0.5, 0.6) is 5.75 Å². The van der Waals surface area contributed by atoms with E-state index in [2.05, 4.69) is 0 Å². The van der Waals surface area contributed by atoms with Crippen molar-refractivity contribution in [2.24, 2.45) is 0 Å². The van der Waals surface area contributed by atoms with Crippen molar-refractivity contribution in [3.05, 3.63) is 35.9 Å². The number of carboxylic acids is 1. The molecule has 1 atom stereocenters. The molecular weight excluding hydrogens is 270 g/mol. The lowest BCUT2D eigenvalue weighted by Crippen LogP contribution is -2.47. The van der Waals surface area contributed by atoms with E-state index in [1.807, 2.05) is 24.3 Å². The van der Waals surface area contributed by atoms with E-state index in [-0.39, 0.29) is 5.91 Å². The fourth-order valence-corrected chi connectivity index (χ4v) is 2.51. The highest BCUT2D eigenvalue weighted by Gasteiger charge is 2.30. The lowest BCUT2D eigenvalue weighted by molar-refractivity contribution is -0.150. The normalized spacial score (nSPS) is 18.7. The Hall–Kier alpha value is -2.30. The molecule has 1 aliphatic heterocycles. The average Bonchev–Trinajstić information content (AvgIpc) is 2.52. The van der Waals surface area contributed by atoms with Gasteiger partial charge in [0, 0.05) is 18.2 Å². The van der Waals surface area contributed by atoms with Gasteiger partial charge in [0.05, 0.1) is 7.11 Å². The number of benzene rings is 1. The van der Waals surface area contributed by atoms with Crippen molar-refractivity contribution < 1.29 is 19.4 Å². The number of piperidine rings is 1. The summed E-state index contributed by atoms with van der Waals surface area (Å²) in [5, 5.41) is 9.19. The molecule has 2 rings (SSSR count). The molecule has 1 amide bonds. The molecule has 1 aliphatic rings. The molecule has 0 saturated carbocycles. The molecule has 0 aliphatic carbocycles. The van der Waals surface area contributed by atoms with Crippen molar-refractivity contribution in [3.63, 3.8) is 0 Å². The van der Waals surface area contributed by atoms with Gasteiger partial charge >= 0.3 is 5.97 Å². The summed E-state index contributed by atoms with van der Waals surface area (Å²) in [5.74, 6) is -0.531. The van der Waals surface area contributed by atoms with Crippen molar-refractivity contribution in [2.45, 2.75) is 25.3 Å². The third kappa shape index (κ3) is 3.62. The van der Waals surface area contributed by atoms with Gasteiger partial charge < -0.3 is 14.7 Å². The van der Waals surface area contributed by atoms with Crippen LogP contribution in [0.15, 0.2) is 30.3 Å². The number of carbonyl (C=O) groups is 2. The first-order valence-electron chi connectivity index (χ1n) is 6.98. The Kier molecular flexibility index (Phi) is 4.98. The number of para-hydroxylation sites is 1. The number of aliphatic carboxylic acids is 1. The molecule has 21 heavy (non-hydrogen) atoms. The van der Waals surface area contributed by atoms with Gasteiger partial charge in [0.15, 0.2) is 0 Å². The van der Waals surface area contributed by atoms with Crippen molar-refractivity contribution in [1.82, 2.24) is 4.90 Å². The lowest BCUT2D eigenvalue weighted by Gasteiger charge is -2.32. The van der Waals surface area contributed by atoms with E-state index < -0.39 is 12.0 Å². The molecule has 1 N–H and O–H groups in total. The second-order valence-corrected chi connectivity index (χ2v) is 4.96. The predicted octanol–water partition coefficient (Wildman–Crippen LogP) is 2.17. The van der Waals surface area contributed by atoms with E-state index in [1.165, 1.54) is 11.0 Å². The van der Waals surface area contributed by atoms with Gasteiger partial charge in [-0.3, -0.25) is 4.79 Å². The van der Waals surface area contributed by atoms with Crippen LogP contribution in [-0.4, -0.2) is 41.6 Å². The molecule has 1 fully saturated rings. The molecule has 112 valence electrons. The summed E-state index contributed by atoms with van der Waals surface area (Å²) in [6, 6.07) is 6.64. The van der Waals surface area contributed by atoms with Gasteiger partial charge in [0.25, 0.3) is 0 Å². The molecule has 1 aromatic carbocycles. The van der Waals surface area contributed by atoms with Crippen LogP contribution in [0.2, 0.25) is 0 Å². The molecule has 0 spiro atoms. The zero-order chi connectivity index (χ0) is 15.2. The summed E-state index contributed by atoms with van der Waals surface area (Å²) >= 11 is 0. The molecule has 0 radical (unpaired) electrons. The second-order valence-electron chi connectivity index (χ2n) is 4.96. The molecule has 1 saturated heterocycles. The smallest absolute Gasteiger partial charge is 0.326 e. The summed E-state index contributed by atoms with van der Waals surface area (Å²) in [4.78, 5) is 24.9. The summed E-state index contributed by atoms with van der Waals surface area (Å²) in [7, 11) is 1.57. The Morgan fingerprint density at radius 2 is 2.10 bits per heavy atom. The monoisotopic (exact) mass is 289 g/mol. The van der Waals surface area contributed by atoms with Gasteiger partial charge in [-0.1, -0.05) is 18.2 Å². The van der Waals surface area contributed by atoms with Crippen LogP contribution in [0.4, 0.5) is 0 Å². The van der Waals surface area contributed by atoms with E-state index >= 15 is 0 Å². The maximum atomic E-state index is 12.2. The van der Waals surface area contributed by atoms with Crippen LogP contribution in [0, 0.1) is 0 Å². The Bertz CT molecular complexity index is 553. The number of methoxy groups -OCH3 is 1. The summed E-state index contributed by atoms with van der Waals surface area (Å²) in [6.45, 7) is 0.492. The third-order valence-corrected chi connectivity index (χ3v) is 3.62. The quantitative estimate of drug-likeness (QED) is 0.863. The van der Waals surface area contributed by atoms with E-state index in [9.17, 15) is 14.7 Å². The number of ether oxygens (including phenoxy) is 1. The zero-order valence-electron chi connectivity index (χ0n) is 12.0. The first-order valence-corrected chi connectivity index (χ1v) is 6.98. The van der Waals surface area contributed by atoms with Gasteiger partial charge in [-0.05, 0) is 31.4 Å². The minimum atomic E-state index is -0.936. The third-order valence-electron chi connectivity index (χ3n) is 3.62. The minimum absolute atomic E-state index is 0.270. The number of amides is 1. The van der Waals surface area contributed by atoms with Gasteiger partial charge in [-0.15, -0.1) is 0 Å². The van der Waals surface area contributed by atoms with E-state index in [1.54, 1.807) is 13.2 Å². The number of carbonyl (C=O) groups excluding carboxylic acids is 1. The first-order chi connectivity index (χ1) is 10.1. The Morgan fingerprint density at radius 3 is 2.81 bits per heavy atom. The lowest BCUT2D eigenvalue weighted by atomic mass is 10.0. The molecule has 5 nitrogen and oxygen atoms in total. The first kappa shape index (κ1) is 15.1. The highest BCUT2D eigenvalue weighted by molar-refractivity contribution is 5.94. The molecule has 1 aromatic rings. The predicted molar refractivity (Wildman–Crippen MR) is 79.0 cm³/mol. The number of rotatable bonds is 4. The van der Waals surface area contributed by atoms with Crippen LogP contribution in [0.3, 0.4) is 0 Å². The van der Waals surface area contributed by atoms with Crippen molar-refractivity contribution >= 4 is 18.0 Å². The Morgan fingerprint density at radius 1 is 1.33 bits per heavy atom. The fourth-order valence-electron chi connectivity index (χ4n) is 2.51. The van der Waals surface area contributed by atoms with Crippen LogP contribution < -0.4 is 4.74 Å². The number of hydrogen-bond donors (Lipinski definition) is 1. The summed E-state index contributed by atoms with van der Waals surface area (Å²) in [5.41, 5.74) is 0.789. The average molecular weight is 289 g/mol. The van der Waals surface area contributed by atoms with Gasteiger partial charge in [-0.25, -0.2) is 4.79 Å². The molecule has 1 heterocycles. The zero-order valence-corrected chi connectivity index (χ0v) is 12.0. The van der Waals surface area contributed by atoms with Crippen LogP contribution in [0.1, 0.15) is 24.8 Å². The highest BCUT2D eigenvalue weighted by Crippen LogP contribution is 2.20. The van der Waals surface area contributed by atoms with E-state index in [0.29, 0.717) is 18.7 Å². The number of nitrogens with zero attached hydrogens (tertiary/aromatic N) is 1. The van der Waals surface area contributed by atoms with Crippen molar-refractivity contribution in [1.29, 1.82) is 0 Å². The maximum absolute atomic E-state index is 12.2. The maximum Gasteiger partial charge on any atom is 0.326 e. The van der Waals surface area contributed by atoms with Crippen molar-refractivity contribution in [2.75, 3.05) is 13.7 Å². The summed E-state index contributed by atoms with van der Waals surface area (Å²) in [6.07, 6.45) is 5.28. The number of hydrogen-bond acceptors (Lipinski definition) is 3. The highest BCUT2D eigenvalue weighted by atomic mass is 16.5. The van der Waals surface area contributed by atoms with E-state index in [4.69, 9.17) is 4.74 Å². The molecule has 0 aromatic heterocycles.